The monoisotopic (exact) mass is 328 g/mol. The van der Waals surface area contributed by atoms with Crippen LogP contribution in [0.2, 0.25) is 0 Å². The summed E-state index contributed by atoms with van der Waals surface area (Å²) in [6.07, 6.45) is 4.20. The summed E-state index contributed by atoms with van der Waals surface area (Å²) >= 11 is 3.54. The third-order valence-electron chi connectivity index (χ3n) is 3.15. The molecule has 0 saturated carbocycles. The first-order valence-electron chi connectivity index (χ1n) is 6.87. The van der Waals surface area contributed by atoms with Gasteiger partial charge in [0.1, 0.15) is 5.82 Å². The van der Waals surface area contributed by atoms with Crippen LogP contribution in [0.5, 0.6) is 0 Å². The predicted molar refractivity (Wildman–Crippen MR) is 80.8 cm³/mol. The predicted octanol–water partition coefficient (Wildman–Crippen LogP) is 2.68. The van der Waals surface area contributed by atoms with Gasteiger partial charge in [-0.25, -0.2) is 4.98 Å². The molecule has 0 radical (unpaired) electrons. The number of nitrogens with one attached hydrogen (secondary N) is 1. The quantitative estimate of drug-likeness (QED) is 0.900. The highest BCUT2D eigenvalue weighted by molar-refractivity contribution is 9.10. The number of hydrogen-bond acceptors (Lipinski definition) is 5. The normalized spacial score (nSPS) is 19.5. The second-order valence-electron chi connectivity index (χ2n) is 4.64. The van der Waals surface area contributed by atoms with Gasteiger partial charge in [0.15, 0.2) is 0 Å². The van der Waals surface area contributed by atoms with Crippen molar-refractivity contribution in [2.24, 2.45) is 0 Å². The van der Waals surface area contributed by atoms with Crippen LogP contribution in [0.15, 0.2) is 10.7 Å². The number of ether oxygens (including phenoxy) is 1. The van der Waals surface area contributed by atoms with Crippen LogP contribution in [0.3, 0.4) is 0 Å². The lowest BCUT2D eigenvalue weighted by Gasteiger charge is -2.33. The van der Waals surface area contributed by atoms with Gasteiger partial charge in [0, 0.05) is 25.8 Å². The number of nitrogens with zero attached hydrogens (tertiary/aromatic N) is 3. The molecule has 106 valence electrons. The summed E-state index contributed by atoms with van der Waals surface area (Å²) in [5, 5.41) is 3.23. The fraction of sp³-hybridized carbons (Fsp3) is 0.692. The Bertz CT molecular complexity index is 416. The van der Waals surface area contributed by atoms with Gasteiger partial charge in [0.2, 0.25) is 5.95 Å². The molecule has 1 N–H and O–H groups in total. The smallest absolute Gasteiger partial charge is 0.224 e. The van der Waals surface area contributed by atoms with E-state index in [9.17, 15) is 0 Å². The van der Waals surface area contributed by atoms with Crippen molar-refractivity contribution in [3.63, 3.8) is 0 Å². The first kappa shape index (κ1) is 14.5. The Morgan fingerprint density at radius 3 is 3.11 bits per heavy atom. The van der Waals surface area contributed by atoms with E-state index < -0.39 is 0 Å². The topological polar surface area (TPSA) is 50.3 Å². The molecule has 19 heavy (non-hydrogen) atoms. The highest BCUT2D eigenvalue weighted by Gasteiger charge is 2.22. The Morgan fingerprint density at radius 2 is 2.37 bits per heavy atom. The molecule has 1 aliphatic rings. The Kier molecular flexibility index (Phi) is 5.39. The van der Waals surface area contributed by atoms with E-state index in [-0.39, 0.29) is 0 Å². The average Bonchev–Trinajstić information content (AvgIpc) is 2.46. The molecule has 1 aromatic rings. The maximum atomic E-state index is 5.70. The zero-order chi connectivity index (χ0) is 13.7. The number of rotatable bonds is 5. The molecular weight excluding hydrogens is 308 g/mol. The van der Waals surface area contributed by atoms with Crippen LogP contribution in [0.4, 0.5) is 11.8 Å². The molecule has 1 atom stereocenters. The summed E-state index contributed by atoms with van der Waals surface area (Å²) in [6, 6.07) is 0. The number of morpholine rings is 1. The Hall–Kier alpha value is -0.880. The minimum atomic E-state index is 0.294. The number of anilines is 2. The van der Waals surface area contributed by atoms with E-state index in [4.69, 9.17) is 4.74 Å². The van der Waals surface area contributed by atoms with Crippen molar-refractivity contribution in [3.8, 4) is 0 Å². The van der Waals surface area contributed by atoms with Crippen LogP contribution >= 0.6 is 15.9 Å². The summed E-state index contributed by atoms with van der Waals surface area (Å²) in [5.74, 6) is 1.65. The molecule has 2 rings (SSSR count). The Balaban J connectivity index is 2.13. The molecule has 0 amide bonds. The molecule has 0 aromatic carbocycles. The summed E-state index contributed by atoms with van der Waals surface area (Å²) in [5.41, 5.74) is 0. The fourth-order valence-electron chi connectivity index (χ4n) is 2.06. The molecule has 0 aliphatic carbocycles. The van der Waals surface area contributed by atoms with Gasteiger partial charge in [-0.05, 0) is 28.8 Å². The molecule has 0 spiro atoms. The zero-order valence-corrected chi connectivity index (χ0v) is 13.1. The fourth-order valence-corrected chi connectivity index (χ4v) is 2.50. The molecule has 1 saturated heterocycles. The van der Waals surface area contributed by atoms with Gasteiger partial charge >= 0.3 is 0 Å². The van der Waals surface area contributed by atoms with Gasteiger partial charge in [-0.2, -0.15) is 4.98 Å². The first-order valence-corrected chi connectivity index (χ1v) is 7.66. The second kappa shape index (κ2) is 7.05. The standard InChI is InChI=1S/C13H21BrN4O/c1-3-5-15-13-16-8-11(14)12(17-13)18-6-7-19-10(4-2)9-18/h8,10H,3-7,9H2,1-2H3,(H,15,16,17). The van der Waals surface area contributed by atoms with Gasteiger partial charge in [0.05, 0.1) is 17.2 Å². The lowest BCUT2D eigenvalue weighted by Crippen LogP contribution is -2.42. The van der Waals surface area contributed by atoms with Crippen molar-refractivity contribution < 1.29 is 4.74 Å². The number of hydrogen-bond donors (Lipinski definition) is 1. The number of aromatic nitrogens is 2. The van der Waals surface area contributed by atoms with E-state index in [2.05, 4.69) is 50.0 Å². The van der Waals surface area contributed by atoms with Crippen molar-refractivity contribution in [3.05, 3.63) is 10.7 Å². The van der Waals surface area contributed by atoms with Crippen LogP contribution in [-0.4, -0.2) is 42.3 Å². The van der Waals surface area contributed by atoms with Crippen molar-refractivity contribution >= 4 is 27.7 Å². The third-order valence-corrected chi connectivity index (χ3v) is 3.71. The summed E-state index contributed by atoms with van der Waals surface area (Å²) in [7, 11) is 0. The lowest BCUT2D eigenvalue weighted by atomic mass is 10.2. The van der Waals surface area contributed by atoms with E-state index in [1.807, 2.05) is 6.20 Å². The first-order chi connectivity index (χ1) is 9.24. The Labute approximate surface area is 122 Å². The molecule has 1 unspecified atom stereocenters. The van der Waals surface area contributed by atoms with Crippen molar-refractivity contribution in [1.82, 2.24) is 9.97 Å². The Morgan fingerprint density at radius 1 is 1.53 bits per heavy atom. The van der Waals surface area contributed by atoms with E-state index >= 15 is 0 Å². The second-order valence-corrected chi connectivity index (χ2v) is 5.49. The van der Waals surface area contributed by atoms with E-state index in [0.717, 1.165) is 49.4 Å². The zero-order valence-electron chi connectivity index (χ0n) is 11.5. The number of halogens is 1. The van der Waals surface area contributed by atoms with E-state index in [1.54, 1.807) is 0 Å². The van der Waals surface area contributed by atoms with E-state index in [0.29, 0.717) is 12.1 Å². The van der Waals surface area contributed by atoms with Crippen LogP contribution in [0, 0.1) is 0 Å². The molecule has 5 nitrogen and oxygen atoms in total. The molecule has 1 aliphatic heterocycles. The molecule has 6 heteroatoms. The molecular formula is C13H21BrN4O. The van der Waals surface area contributed by atoms with E-state index in [1.165, 1.54) is 0 Å². The minimum Gasteiger partial charge on any atom is -0.375 e. The molecule has 1 fully saturated rings. The van der Waals surface area contributed by atoms with Crippen molar-refractivity contribution in [2.75, 3.05) is 36.5 Å². The summed E-state index contributed by atoms with van der Waals surface area (Å²) in [6.45, 7) is 7.69. The third kappa shape index (κ3) is 3.79. The lowest BCUT2D eigenvalue weighted by molar-refractivity contribution is 0.0381. The summed E-state index contributed by atoms with van der Waals surface area (Å²) < 4.78 is 6.63. The van der Waals surface area contributed by atoms with Gasteiger partial charge in [0.25, 0.3) is 0 Å². The van der Waals surface area contributed by atoms with Crippen molar-refractivity contribution in [2.45, 2.75) is 32.8 Å². The van der Waals surface area contributed by atoms with Crippen LogP contribution < -0.4 is 10.2 Å². The molecule has 1 aromatic heterocycles. The van der Waals surface area contributed by atoms with Gasteiger partial charge in [-0.1, -0.05) is 13.8 Å². The van der Waals surface area contributed by atoms with Crippen molar-refractivity contribution in [1.29, 1.82) is 0 Å². The van der Waals surface area contributed by atoms with Crippen LogP contribution in [-0.2, 0) is 4.74 Å². The van der Waals surface area contributed by atoms with Gasteiger partial charge < -0.3 is 15.0 Å². The van der Waals surface area contributed by atoms with Gasteiger partial charge in [-0.15, -0.1) is 0 Å². The SMILES string of the molecule is CCCNc1ncc(Br)c(N2CCOC(CC)C2)n1. The summed E-state index contributed by atoms with van der Waals surface area (Å²) in [4.78, 5) is 11.2. The molecule has 2 heterocycles. The maximum Gasteiger partial charge on any atom is 0.224 e. The highest BCUT2D eigenvalue weighted by atomic mass is 79.9. The van der Waals surface area contributed by atoms with Gasteiger partial charge in [-0.3, -0.25) is 0 Å². The van der Waals surface area contributed by atoms with Crippen LogP contribution in [0.1, 0.15) is 26.7 Å². The largest absolute Gasteiger partial charge is 0.375 e. The molecule has 0 bridgehead atoms. The minimum absolute atomic E-state index is 0.294. The van der Waals surface area contributed by atoms with Crippen LogP contribution in [0.25, 0.3) is 0 Å². The highest BCUT2D eigenvalue weighted by Crippen LogP contribution is 2.26. The maximum absolute atomic E-state index is 5.70. The average molecular weight is 329 g/mol.